The van der Waals surface area contributed by atoms with Gasteiger partial charge < -0.3 is 10.3 Å². The second-order valence-corrected chi connectivity index (χ2v) is 2.83. The Morgan fingerprint density at radius 1 is 1.50 bits per heavy atom. The number of rotatable bonds is 1. The molecular formula is C8H8N4O2. The van der Waals surface area contributed by atoms with E-state index in [-0.39, 0.29) is 5.56 Å². The van der Waals surface area contributed by atoms with Gasteiger partial charge in [-0.1, -0.05) is 5.16 Å². The Labute approximate surface area is 78.7 Å². The van der Waals surface area contributed by atoms with E-state index in [0.717, 1.165) is 0 Å². The summed E-state index contributed by atoms with van der Waals surface area (Å²) in [7, 11) is 0. The highest BCUT2D eigenvalue weighted by Crippen LogP contribution is 2.23. The average Bonchev–Trinajstić information content (AvgIpc) is 2.50. The molecule has 2 aromatic heterocycles. The average molecular weight is 192 g/mol. The molecule has 0 spiro atoms. The lowest BCUT2D eigenvalue weighted by Gasteiger charge is -1.93. The smallest absolute Gasteiger partial charge is 0.264 e. The summed E-state index contributed by atoms with van der Waals surface area (Å²) < 4.78 is 4.96. The summed E-state index contributed by atoms with van der Waals surface area (Å²) in [5.41, 5.74) is 6.46. The largest absolute Gasteiger partial charge is 0.381 e. The maximum absolute atomic E-state index is 10.8. The molecule has 0 aliphatic heterocycles. The van der Waals surface area contributed by atoms with E-state index in [0.29, 0.717) is 22.8 Å². The van der Waals surface area contributed by atoms with Crippen molar-refractivity contribution in [2.75, 3.05) is 5.73 Å². The van der Waals surface area contributed by atoms with Crippen LogP contribution in [0.1, 0.15) is 5.56 Å². The van der Waals surface area contributed by atoms with Crippen LogP contribution < -0.4 is 11.3 Å². The van der Waals surface area contributed by atoms with Crippen molar-refractivity contribution in [1.29, 1.82) is 0 Å². The van der Waals surface area contributed by atoms with Gasteiger partial charge in [0.25, 0.3) is 5.56 Å². The van der Waals surface area contributed by atoms with Gasteiger partial charge in [0.15, 0.2) is 11.6 Å². The molecule has 2 rings (SSSR count). The Balaban J connectivity index is 2.55. The lowest BCUT2D eigenvalue weighted by molar-refractivity contribution is 0.433. The zero-order valence-electron chi connectivity index (χ0n) is 7.44. The highest BCUT2D eigenvalue weighted by Gasteiger charge is 2.12. The van der Waals surface area contributed by atoms with Crippen molar-refractivity contribution in [1.82, 2.24) is 15.4 Å². The third-order valence-corrected chi connectivity index (χ3v) is 1.87. The van der Waals surface area contributed by atoms with Crippen LogP contribution in [0.4, 0.5) is 5.82 Å². The highest BCUT2D eigenvalue weighted by molar-refractivity contribution is 5.61. The number of nitrogens with one attached hydrogen (secondary N) is 1. The number of nitrogens with zero attached hydrogens (tertiary/aromatic N) is 2. The van der Waals surface area contributed by atoms with Gasteiger partial charge in [-0.25, -0.2) is 5.10 Å². The van der Waals surface area contributed by atoms with Crippen LogP contribution >= 0.6 is 0 Å². The molecule has 0 saturated heterocycles. The number of nitrogen functional groups attached to an aromatic ring is 1. The van der Waals surface area contributed by atoms with E-state index in [1.54, 1.807) is 13.0 Å². The summed E-state index contributed by atoms with van der Waals surface area (Å²) in [5, 5.41) is 9.68. The lowest BCUT2D eigenvalue weighted by Crippen LogP contribution is -2.05. The number of aromatic nitrogens is 3. The molecule has 0 unspecified atom stereocenters. The summed E-state index contributed by atoms with van der Waals surface area (Å²) in [6.07, 6.45) is 0. The molecule has 0 atom stereocenters. The molecule has 72 valence electrons. The van der Waals surface area contributed by atoms with Gasteiger partial charge in [0.05, 0.1) is 0 Å². The summed E-state index contributed by atoms with van der Waals surface area (Å²) in [4.78, 5) is 10.8. The van der Waals surface area contributed by atoms with Gasteiger partial charge in [-0.2, -0.15) is 5.10 Å². The Hall–Kier alpha value is -2.11. The van der Waals surface area contributed by atoms with Crippen molar-refractivity contribution in [2.45, 2.75) is 6.92 Å². The minimum atomic E-state index is -0.265. The minimum Gasteiger partial charge on any atom is -0.381 e. The fraction of sp³-hybridized carbons (Fsp3) is 0.125. The van der Waals surface area contributed by atoms with Crippen molar-refractivity contribution < 1.29 is 4.52 Å². The van der Waals surface area contributed by atoms with Crippen LogP contribution in [0.5, 0.6) is 0 Å². The zero-order valence-corrected chi connectivity index (χ0v) is 7.44. The van der Waals surface area contributed by atoms with Gasteiger partial charge in [0.1, 0.15) is 5.69 Å². The first-order valence-electron chi connectivity index (χ1n) is 3.96. The van der Waals surface area contributed by atoms with Crippen molar-refractivity contribution in [3.63, 3.8) is 0 Å². The molecule has 0 fully saturated rings. The molecule has 2 heterocycles. The quantitative estimate of drug-likeness (QED) is 0.677. The van der Waals surface area contributed by atoms with Gasteiger partial charge >= 0.3 is 0 Å². The van der Waals surface area contributed by atoms with Crippen LogP contribution in [-0.2, 0) is 0 Å². The molecule has 0 aromatic carbocycles. The van der Waals surface area contributed by atoms with Crippen LogP contribution in [0.25, 0.3) is 11.5 Å². The SMILES string of the molecule is Cc1c(N)noc1-c1ccc(=O)[nH]n1. The Morgan fingerprint density at radius 3 is 2.79 bits per heavy atom. The molecule has 3 N–H and O–H groups in total. The topological polar surface area (TPSA) is 97.8 Å². The first-order valence-corrected chi connectivity index (χ1v) is 3.96. The molecule has 6 heteroatoms. The number of H-pyrrole nitrogens is 1. The molecule has 0 amide bonds. The van der Waals surface area contributed by atoms with Crippen molar-refractivity contribution >= 4 is 5.82 Å². The maximum atomic E-state index is 10.8. The molecule has 0 aliphatic carbocycles. The second-order valence-electron chi connectivity index (χ2n) is 2.83. The highest BCUT2D eigenvalue weighted by atomic mass is 16.5. The third-order valence-electron chi connectivity index (χ3n) is 1.87. The number of hydrogen-bond acceptors (Lipinski definition) is 5. The van der Waals surface area contributed by atoms with E-state index in [2.05, 4.69) is 15.4 Å². The molecule has 0 radical (unpaired) electrons. The Kier molecular flexibility index (Phi) is 1.81. The maximum Gasteiger partial charge on any atom is 0.264 e. The van der Waals surface area contributed by atoms with E-state index in [4.69, 9.17) is 10.3 Å². The van der Waals surface area contributed by atoms with Gasteiger partial charge in [0, 0.05) is 11.6 Å². The normalized spacial score (nSPS) is 10.4. The predicted molar refractivity (Wildman–Crippen MR) is 49.5 cm³/mol. The lowest BCUT2D eigenvalue weighted by atomic mass is 10.2. The molecule has 2 aromatic rings. The van der Waals surface area contributed by atoms with Crippen LogP contribution in [0.2, 0.25) is 0 Å². The van der Waals surface area contributed by atoms with E-state index in [1.807, 2.05) is 0 Å². The van der Waals surface area contributed by atoms with E-state index < -0.39 is 0 Å². The minimum absolute atomic E-state index is 0.265. The fourth-order valence-electron chi connectivity index (χ4n) is 1.06. The number of hydrogen-bond donors (Lipinski definition) is 2. The zero-order chi connectivity index (χ0) is 10.1. The summed E-state index contributed by atoms with van der Waals surface area (Å²) >= 11 is 0. The molecule has 0 saturated carbocycles. The van der Waals surface area contributed by atoms with E-state index >= 15 is 0 Å². The van der Waals surface area contributed by atoms with Crippen molar-refractivity contribution in [2.24, 2.45) is 0 Å². The third kappa shape index (κ3) is 1.26. The summed E-state index contributed by atoms with van der Waals surface area (Å²) in [6, 6.07) is 2.91. The molecule has 0 aliphatic rings. The number of aromatic amines is 1. The predicted octanol–water partition coefficient (Wildman–Crippen LogP) is 0.316. The van der Waals surface area contributed by atoms with Gasteiger partial charge in [0.2, 0.25) is 0 Å². The van der Waals surface area contributed by atoms with Gasteiger partial charge in [-0.05, 0) is 13.0 Å². The molecule has 0 bridgehead atoms. The van der Waals surface area contributed by atoms with E-state index in [1.165, 1.54) is 6.07 Å². The van der Waals surface area contributed by atoms with Crippen LogP contribution in [0, 0.1) is 6.92 Å². The summed E-state index contributed by atoms with van der Waals surface area (Å²) in [5.74, 6) is 0.798. The van der Waals surface area contributed by atoms with Crippen LogP contribution in [0.3, 0.4) is 0 Å². The standard InChI is InChI=1S/C8H8N4O2/c1-4-7(14-12-8(4)9)5-2-3-6(13)11-10-5/h2-3H,1H3,(H2,9,12)(H,11,13). The van der Waals surface area contributed by atoms with Crippen molar-refractivity contribution in [3.05, 3.63) is 28.0 Å². The Morgan fingerprint density at radius 2 is 2.29 bits per heavy atom. The molecular weight excluding hydrogens is 184 g/mol. The second kappa shape index (κ2) is 2.99. The molecule has 14 heavy (non-hydrogen) atoms. The van der Waals surface area contributed by atoms with Gasteiger partial charge in [-0.3, -0.25) is 4.79 Å². The Bertz CT molecular complexity index is 494. The number of anilines is 1. The summed E-state index contributed by atoms with van der Waals surface area (Å²) in [6.45, 7) is 1.77. The number of nitrogens with two attached hydrogens (primary N) is 1. The van der Waals surface area contributed by atoms with Gasteiger partial charge in [-0.15, -0.1) is 0 Å². The van der Waals surface area contributed by atoms with E-state index in [9.17, 15) is 4.79 Å². The molecule has 6 nitrogen and oxygen atoms in total. The van der Waals surface area contributed by atoms with Crippen LogP contribution in [-0.4, -0.2) is 15.4 Å². The van der Waals surface area contributed by atoms with Crippen LogP contribution in [0.15, 0.2) is 21.5 Å². The first kappa shape index (κ1) is 8.49. The fourth-order valence-corrected chi connectivity index (χ4v) is 1.06. The first-order chi connectivity index (χ1) is 6.68. The monoisotopic (exact) mass is 192 g/mol. The van der Waals surface area contributed by atoms with Crippen molar-refractivity contribution in [3.8, 4) is 11.5 Å².